The van der Waals surface area contributed by atoms with Crippen molar-refractivity contribution in [1.82, 2.24) is 0 Å². The fraction of sp³-hybridized carbons (Fsp3) is 0.235. The number of hydrogen-bond acceptors (Lipinski definition) is 3. The van der Waals surface area contributed by atoms with Gasteiger partial charge >= 0.3 is 5.97 Å². The maximum atomic E-state index is 13.1. The van der Waals surface area contributed by atoms with Crippen LogP contribution in [0.1, 0.15) is 18.9 Å². The van der Waals surface area contributed by atoms with Crippen LogP contribution >= 0.6 is 23.2 Å². The van der Waals surface area contributed by atoms with Crippen LogP contribution in [0.5, 0.6) is 0 Å². The molecule has 0 bridgehead atoms. The van der Waals surface area contributed by atoms with Gasteiger partial charge in [-0.3, -0.25) is 0 Å². The first-order valence-corrected chi connectivity index (χ1v) is 7.83. The molecule has 2 aromatic carbocycles. The smallest absolute Gasteiger partial charge is 0.329 e. The van der Waals surface area contributed by atoms with Crippen LogP contribution in [0.3, 0.4) is 0 Å². The molecule has 3 nitrogen and oxygen atoms in total. The molecule has 1 N–H and O–H groups in total. The summed E-state index contributed by atoms with van der Waals surface area (Å²) in [6.07, 6.45) is 0.413. The number of esters is 1. The van der Waals surface area contributed by atoms with E-state index in [0.29, 0.717) is 22.2 Å². The van der Waals surface area contributed by atoms with Gasteiger partial charge in [-0.1, -0.05) is 35.3 Å². The van der Waals surface area contributed by atoms with Crippen LogP contribution in [0, 0.1) is 5.82 Å². The molecule has 0 radical (unpaired) electrons. The second kappa shape index (κ2) is 6.02. The lowest BCUT2D eigenvalue weighted by Crippen LogP contribution is -2.25. The highest BCUT2D eigenvalue weighted by molar-refractivity contribution is 6.36. The summed E-state index contributed by atoms with van der Waals surface area (Å²) < 4.78 is 18.6. The number of carbonyl (C=O) groups excluding carboxylic acids is 1. The van der Waals surface area contributed by atoms with Gasteiger partial charge in [0.15, 0.2) is 0 Å². The third kappa shape index (κ3) is 3.28. The largest absolute Gasteiger partial charge is 0.453 e. The van der Waals surface area contributed by atoms with Crippen LogP contribution in [0.15, 0.2) is 42.5 Å². The molecule has 120 valence electrons. The van der Waals surface area contributed by atoms with Gasteiger partial charge in [0.05, 0.1) is 10.7 Å². The molecule has 0 aliphatic carbocycles. The topological polar surface area (TPSA) is 38.3 Å². The van der Waals surface area contributed by atoms with E-state index in [1.807, 2.05) is 6.92 Å². The molecule has 0 saturated carbocycles. The Morgan fingerprint density at radius 2 is 1.91 bits per heavy atom. The molecule has 1 saturated heterocycles. The lowest BCUT2D eigenvalue weighted by molar-refractivity contribution is -0.148. The zero-order valence-electron chi connectivity index (χ0n) is 12.3. The summed E-state index contributed by atoms with van der Waals surface area (Å²) in [6.45, 7) is 1.81. The van der Waals surface area contributed by atoms with E-state index in [4.69, 9.17) is 27.9 Å². The molecule has 0 aromatic heterocycles. The second-order valence-corrected chi connectivity index (χ2v) is 6.53. The Labute approximate surface area is 143 Å². The first kappa shape index (κ1) is 16.1. The number of hydrogen-bond donors (Lipinski definition) is 1. The minimum absolute atomic E-state index is 0.329. The number of ether oxygens (including phenoxy) is 1. The van der Waals surface area contributed by atoms with Crippen molar-refractivity contribution in [1.29, 1.82) is 0 Å². The van der Waals surface area contributed by atoms with Gasteiger partial charge in [-0.2, -0.15) is 0 Å². The maximum Gasteiger partial charge on any atom is 0.329 e. The molecule has 2 atom stereocenters. The Morgan fingerprint density at radius 3 is 2.57 bits per heavy atom. The zero-order chi connectivity index (χ0) is 16.6. The SMILES string of the molecule is CC1(c2ccc(F)cc2)CC(Nc2ccc(Cl)cc2Cl)C(=O)O1. The Balaban J connectivity index is 1.80. The van der Waals surface area contributed by atoms with E-state index < -0.39 is 11.6 Å². The molecule has 3 rings (SSSR count). The van der Waals surface area contributed by atoms with Crippen LogP contribution in [0.25, 0.3) is 0 Å². The Bertz CT molecular complexity index is 751. The van der Waals surface area contributed by atoms with Crippen molar-refractivity contribution in [2.24, 2.45) is 0 Å². The average Bonchev–Trinajstić information content (AvgIpc) is 2.78. The highest BCUT2D eigenvalue weighted by Gasteiger charge is 2.44. The van der Waals surface area contributed by atoms with Gasteiger partial charge in [-0.15, -0.1) is 0 Å². The van der Waals surface area contributed by atoms with Crippen LogP contribution in [0.4, 0.5) is 10.1 Å². The van der Waals surface area contributed by atoms with E-state index in [1.165, 1.54) is 12.1 Å². The number of nitrogens with one attached hydrogen (secondary N) is 1. The summed E-state index contributed by atoms with van der Waals surface area (Å²) in [4.78, 5) is 12.2. The molecular formula is C17H14Cl2FNO2. The van der Waals surface area contributed by atoms with Crippen LogP contribution in [-0.2, 0) is 15.1 Å². The number of carbonyl (C=O) groups is 1. The lowest BCUT2D eigenvalue weighted by Gasteiger charge is -2.23. The van der Waals surface area contributed by atoms with Gasteiger partial charge in [-0.25, -0.2) is 9.18 Å². The van der Waals surface area contributed by atoms with Crippen molar-refractivity contribution in [2.45, 2.75) is 25.0 Å². The molecule has 1 aliphatic heterocycles. The van der Waals surface area contributed by atoms with Gasteiger partial charge in [-0.05, 0) is 42.8 Å². The predicted octanol–water partition coefficient (Wildman–Crippen LogP) is 4.78. The third-order valence-electron chi connectivity index (χ3n) is 3.92. The molecule has 6 heteroatoms. The molecule has 1 aliphatic rings. The summed E-state index contributed by atoms with van der Waals surface area (Å²) in [6, 6.07) is 10.4. The quantitative estimate of drug-likeness (QED) is 0.807. The van der Waals surface area contributed by atoms with E-state index in [1.54, 1.807) is 30.3 Å². The number of halogens is 3. The Kier molecular flexibility index (Phi) is 4.21. The average molecular weight is 354 g/mol. The molecule has 1 heterocycles. The third-order valence-corrected chi connectivity index (χ3v) is 4.47. The van der Waals surface area contributed by atoms with E-state index in [0.717, 1.165) is 5.56 Å². The molecule has 2 unspecified atom stereocenters. The van der Waals surface area contributed by atoms with Gasteiger partial charge in [0.1, 0.15) is 17.5 Å². The number of cyclic esters (lactones) is 1. The summed E-state index contributed by atoms with van der Waals surface area (Å²) >= 11 is 12.0. The summed E-state index contributed by atoms with van der Waals surface area (Å²) in [5, 5.41) is 4.03. The van der Waals surface area contributed by atoms with Crippen molar-refractivity contribution in [3.63, 3.8) is 0 Å². The highest BCUT2D eigenvalue weighted by atomic mass is 35.5. The number of rotatable bonds is 3. The van der Waals surface area contributed by atoms with Crippen molar-refractivity contribution < 1.29 is 13.9 Å². The van der Waals surface area contributed by atoms with Crippen molar-refractivity contribution >= 4 is 34.9 Å². The molecule has 2 aromatic rings. The van der Waals surface area contributed by atoms with Crippen LogP contribution < -0.4 is 5.32 Å². The first-order chi connectivity index (χ1) is 10.9. The summed E-state index contributed by atoms with van der Waals surface area (Å²) in [7, 11) is 0. The van der Waals surface area contributed by atoms with Gasteiger partial charge in [0, 0.05) is 11.4 Å². The molecule has 23 heavy (non-hydrogen) atoms. The van der Waals surface area contributed by atoms with Crippen molar-refractivity contribution in [3.8, 4) is 0 Å². The van der Waals surface area contributed by atoms with Crippen molar-refractivity contribution in [2.75, 3.05) is 5.32 Å². The van der Waals surface area contributed by atoms with Crippen molar-refractivity contribution in [3.05, 3.63) is 63.9 Å². The van der Waals surface area contributed by atoms with E-state index >= 15 is 0 Å². The predicted molar refractivity (Wildman–Crippen MR) is 88.3 cm³/mol. The fourth-order valence-electron chi connectivity index (χ4n) is 2.69. The van der Waals surface area contributed by atoms with Gasteiger partial charge in [0.25, 0.3) is 0 Å². The maximum absolute atomic E-state index is 13.1. The first-order valence-electron chi connectivity index (χ1n) is 7.08. The molecule has 0 spiro atoms. The number of anilines is 1. The number of benzene rings is 2. The van der Waals surface area contributed by atoms with E-state index in [9.17, 15) is 9.18 Å². The fourth-order valence-corrected chi connectivity index (χ4v) is 3.15. The standard InChI is InChI=1S/C17H14Cl2FNO2/c1-17(10-2-5-12(20)6-3-10)9-15(16(22)23-17)21-14-7-4-11(18)8-13(14)19/h2-8,15,21H,9H2,1H3. The van der Waals surface area contributed by atoms with E-state index in [2.05, 4.69) is 5.32 Å². The van der Waals surface area contributed by atoms with Gasteiger partial charge < -0.3 is 10.1 Å². The summed E-state index contributed by atoms with van der Waals surface area (Å²) in [5.41, 5.74) is 0.557. The normalized spacial score (nSPS) is 23.7. The zero-order valence-corrected chi connectivity index (χ0v) is 13.8. The van der Waals surface area contributed by atoms with E-state index in [-0.39, 0.29) is 11.8 Å². The monoisotopic (exact) mass is 353 g/mol. The molecule has 1 fully saturated rings. The molecule has 0 amide bonds. The summed E-state index contributed by atoms with van der Waals surface area (Å²) in [5.74, 6) is -0.702. The minimum Gasteiger partial charge on any atom is -0.453 e. The Hall–Kier alpha value is -1.78. The second-order valence-electron chi connectivity index (χ2n) is 5.68. The highest BCUT2D eigenvalue weighted by Crippen LogP contribution is 2.38. The minimum atomic E-state index is -0.804. The van der Waals surface area contributed by atoms with Gasteiger partial charge in [0.2, 0.25) is 0 Å². The Morgan fingerprint density at radius 1 is 1.22 bits per heavy atom. The lowest BCUT2D eigenvalue weighted by atomic mass is 9.91. The molecular weight excluding hydrogens is 340 g/mol. The van der Waals surface area contributed by atoms with Crippen LogP contribution in [0.2, 0.25) is 10.0 Å². The van der Waals surface area contributed by atoms with Crippen LogP contribution in [-0.4, -0.2) is 12.0 Å².